The number of amides is 1. The van der Waals surface area contributed by atoms with Crippen LogP contribution in [0.1, 0.15) is 44.0 Å². The van der Waals surface area contributed by atoms with Gasteiger partial charge in [0.25, 0.3) is 5.91 Å². The van der Waals surface area contributed by atoms with Crippen molar-refractivity contribution in [3.63, 3.8) is 0 Å². The van der Waals surface area contributed by atoms with Crippen molar-refractivity contribution in [2.45, 2.75) is 39.7 Å². The minimum atomic E-state index is -0.0206. The molecular formula is C15H21N3O. The number of fused-ring (bicyclic) bond motifs is 1. The zero-order chi connectivity index (χ0) is 13.8. The van der Waals surface area contributed by atoms with Crippen LogP contribution in [0.4, 0.5) is 0 Å². The van der Waals surface area contributed by atoms with Crippen molar-refractivity contribution < 1.29 is 4.79 Å². The minimum absolute atomic E-state index is 0.0206. The Kier molecular flexibility index (Phi) is 4.20. The number of hydrogen-bond donors (Lipinski definition) is 2. The molecule has 1 unspecified atom stereocenters. The van der Waals surface area contributed by atoms with E-state index in [0.717, 1.165) is 23.7 Å². The molecule has 4 nitrogen and oxygen atoms in total. The summed E-state index contributed by atoms with van der Waals surface area (Å²) in [5.74, 6) is 0.647. The Morgan fingerprint density at radius 3 is 2.84 bits per heavy atom. The normalized spacial score (nSPS) is 12.8. The molecule has 1 aromatic carbocycles. The Morgan fingerprint density at radius 2 is 2.11 bits per heavy atom. The van der Waals surface area contributed by atoms with Crippen LogP contribution >= 0.6 is 0 Å². The molecule has 2 N–H and O–H groups in total. The van der Waals surface area contributed by atoms with Gasteiger partial charge in [-0.25, -0.2) is 0 Å². The van der Waals surface area contributed by atoms with Gasteiger partial charge in [-0.1, -0.05) is 19.9 Å². The van der Waals surface area contributed by atoms with E-state index in [-0.39, 0.29) is 11.9 Å². The number of rotatable bonds is 5. The van der Waals surface area contributed by atoms with E-state index in [1.165, 1.54) is 0 Å². The van der Waals surface area contributed by atoms with E-state index in [9.17, 15) is 4.79 Å². The third-order valence-electron chi connectivity index (χ3n) is 3.26. The highest BCUT2D eigenvalue weighted by molar-refractivity contribution is 5.97. The minimum Gasteiger partial charge on any atom is -0.350 e. The standard InChI is InChI=1S/C15H21N3O/c1-10(2)4-5-11(3)17-15(19)12-6-7-13-9-16-18-14(13)8-12/h6-11H,4-5H2,1-3H3,(H,16,18)(H,17,19). The van der Waals surface area contributed by atoms with Crippen molar-refractivity contribution in [3.8, 4) is 0 Å². The lowest BCUT2D eigenvalue weighted by Crippen LogP contribution is -2.32. The Bertz CT molecular complexity index is 559. The van der Waals surface area contributed by atoms with Crippen LogP contribution in [0.15, 0.2) is 24.4 Å². The number of H-pyrrole nitrogens is 1. The van der Waals surface area contributed by atoms with Gasteiger partial charge in [-0.3, -0.25) is 9.89 Å². The van der Waals surface area contributed by atoms with E-state index in [0.29, 0.717) is 11.5 Å². The third kappa shape index (κ3) is 3.56. The van der Waals surface area contributed by atoms with Crippen molar-refractivity contribution in [2.24, 2.45) is 5.92 Å². The van der Waals surface area contributed by atoms with Gasteiger partial charge < -0.3 is 5.32 Å². The van der Waals surface area contributed by atoms with Gasteiger partial charge >= 0.3 is 0 Å². The molecule has 0 bridgehead atoms. The molecule has 0 saturated carbocycles. The first-order valence-electron chi connectivity index (χ1n) is 6.80. The smallest absolute Gasteiger partial charge is 0.251 e. The zero-order valence-corrected chi connectivity index (χ0v) is 11.7. The van der Waals surface area contributed by atoms with Crippen molar-refractivity contribution in [2.75, 3.05) is 0 Å². The van der Waals surface area contributed by atoms with Gasteiger partial charge in [-0.05, 0) is 37.8 Å². The van der Waals surface area contributed by atoms with Crippen molar-refractivity contribution in [1.29, 1.82) is 0 Å². The molecule has 0 spiro atoms. The topological polar surface area (TPSA) is 57.8 Å². The summed E-state index contributed by atoms with van der Waals surface area (Å²) in [6, 6.07) is 5.79. The lowest BCUT2D eigenvalue weighted by molar-refractivity contribution is 0.0937. The molecule has 0 saturated heterocycles. The Morgan fingerprint density at radius 1 is 1.32 bits per heavy atom. The summed E-state index contributed by atoms with van der Waals surface area (Å²) in [5.41, 5.74) is 1.57. The first kappa shape index (κ1) is 13.6. The van der Waals surface area contributed by atoms with E-state index in [4.69, 9.17) is 0 Å². The first-order valence-corrected chi connectivity index (χ1v) is 6.80. The van der Waals surface area contributed by atoms with Crippen LogP contribution < -0.4 is 5.32 Å². The Hall–Kier alpha value is -1.84. The lowest BCUT2D eigenvalue weighted by Gasteiger charge is -2.15. The molecule has 1 amide bonds. The van der Waals surface area contributed by atoms with Crippen molar-refractivity contribution in [1.82, 2.24) is 15.5 Å². The summed E-state index contributed by atoms with van der Waals surface area (Å²) in [5, 5.41) is 10.9. The molecule has 1 atom stereocenters. The summed E-state index contributed by atoms with van der Waals surface area (Å²) in [7, 11) is 0. The molecule has 0 fully saturated rings. The van der Waals surface area contributed by atoms with Crippen LogP contribution in [0.5, 0.6) is 0 Å². The number of aromatic nitrogens is 2. The monoisotopic (exact) mass is 259 g/mol. The van der Waals surface area contributed by atoms with E-state index in [1.807, 2.05) is 18.2 Å². The fourth-order valence-electron chi connectivity index (χ4n) is 2.04. The summed E-state index contributed by atoms with van der Waals surface area (Å²) >= 11 is 0. The highest BCUT2D eigenvalue weighted by Crippen LogP contribution is 2.13. The molecule has 19 heavy (non-hydrogen) atoms. The van der Waals surface area contributed by atoms with E-state index >= 15 is 0 Å². The maximum atomic E-state index is 12.1. The predicted molar refractivity (Wildman–Crippen MR) is 77.1 cm³/mol. The van der Waals surface area contributed by atoms with Crippen LogP contribution in [0.2, 0.25) is 0 Å². The first-order chi connectivity index (χ1) is 9.06. The van der Waals surface area contributed by atoms with Gasteiger partial charge in [0.05, 0.1) is 11.7 Å². The second kappa shape index (κ2) is 5.87. The molecule has 102 valence electrons. The number of hydrogen-bond acceptors (Lipinski definition) is 2. The van der Waals surface area contributed by atoms with Crippen LogP contribution in [-0.4, -0.2) is 22.1 Å². The summed E-state index contributed by atoms with van der Waals surface area (Å²) < 4.78 is 0. The molecule has 4 heteroatoms. The molecule has 0 aliphatic carbocycles. The van der Waals surface area contributed by atoms with E-state index in [2.05, 4.69) is 36.3 Å². The molecule has 0 aliphatic heterocycles. The van der Waals surface area contributed by atoms with Crippen molar-refractivity contribution in [3.05, 3.63) is 30.0 Å². The van der Waals surface area contributed by atoms with Gasteiger partial charge in [0.1, 0.15) is 0 Å². The maximum absolute atomic E-state index is 12.1. The lowest BCUT2D eigenvalue weighted by atomic mass is 10.0. The molecule has 1 aromatic heterocycles. The summed E-state index contributed by atoms with van der Waals surface area (Å²) in [6.07, 6.45) is 3.89. The van der Waals surface area contributed by atoms with Gasteiger partial charge in [0.15, 0.2) is 0 Å². The Balaban J connectivity index is 1.98. The van der Waals surface area contributed by atoms with Crippen molar-refractivity contribution >= 4 is 16.8 Å². The molecular weight excluding hydrogens is 238 g/mol. The number of carbonyl (C=O) groups is 1. The predicted octanol–water partition coefficient (Wildman–Crippen LogP) is 3.12. The highest BCUT2D eigenvalue weighted by atomic mass is 16.1. The van der Waals surface area contributed by atoms with E-state index in [1.54, 1.807) is 6.20 Å². The number of nitrogens with one attached hydrogen (secondary N) is 2. The summed E-state index contributed by atoms with van der Waals surface area (Å²) in [6.45, 7) is 6.44. The molecule has 0 radical (unpaired) electrons. The average Bonchev–Trinajstić information content (AvgIpc) is 2.83. The Labute approximate surface area is 113 Å². The number of carbonyl (C=O) groups excluding carboxylic acids is 1. The second-order valence-electron chi connectivity index (χ2n) is 5.52. The SMILES string of the molecule is CC(C)CCC(C)NC(=O)c1ccc2cn[nH]c2c1. The second-order valence-corrected chi connectivity index (χ2v) is 5.52. The van der Waals surface area contributed by atoms with Crippen LogP contribution in [-0.2, 0) is 0 Å². The van der Waals surface area contributed by atoms with Crippen LogP contribution in [0, 0.1) is 5.92 Å². The maximum Gasteiger partial charge on any atom is 0.251 e. The third-order valence-corrected chi connectivity index (χ3v) is 3.26. The fraction of sp³-hybridized carbons (Fsp3) is 0.467. The van der Waals surface area contributed by atoms with Crippen LogP contribution in [0.25, 0.3) is 10.9 Å². The number of benzene rings is 1. The average molecular weight is 259 g/mol. The molecule has 1 heterocycles. The molecule has 0 aliphatic rings. The van der Waals surface area contributed by atoms with Gasteiger partial charge in [-0.2, -0.15) is 5.10 Å². The molecule has 2 rings (SSSR count). The fourth-order valence-corrected chi connectivity index (χ4v) is 2.04. The highest BCUT2D eigenvalue weighted by Gasteiger charge is 2.11. The molecule has 2 aromatic rings. The number of nitrogens with zero attached hydrogens (tertiary/aromatic N) is 1. The van der Waals surface area contributed by atoms with Gasteiger partial charge in [0.2, 0.25) is 0 Å². The quantitative estimate of drug-likeness (QED) is 0.866. The number of aromatic amines is 1. The zero-order valence-electron chi connectivity index (χ0n) is 11.7. The van der Waals surface area contributed by atoms with Gasteiger partial charge in [-0.15, -0.1) is 0 Å². The van der Waals surface area contributed by atoms with Gasteiger partial charge in [0, 0.05) is 17.0 Å². The van der Waals surface area contributed by atoms with E-state index < -0.39 is 0 Å². The van der Waals surface area contributed by atoms with Crippen LogP contribution in [0.3, 0.4) is 0 Å². The summed E-state index contributed by atoms with van der Waals surface area (Å²) in [4.78, 5) is 12.1. The largest absolute Gasteiger partial charge is 0.350 e.